The molecule has 1 aliphatic heterocycles. The van der Waals surface area contributed by atoms with Crippen LogP contribution in [0.5, 0.6) is 0 Å². The van der Waals surface area contributed by atoms with Crippen LogP contribution < -0.4 is 10.6 Å². The van der Waals surface area contributed by atoms with Gasteiger partial charge in [-0.1, -0.05) is 6.92 Å². The lowest BCUT2D eigenvalue weighted by Crippen LogP contribution is -2.48. The molecule has 0 spiro atoms. The molecule has 0 saturated carbocycles. The molecule has 1 aliphatic rings. The minimum absolute atomic E-state index is 0.0720. The standard InChI is InChI=1S/C15H27N5O/c1-2-15(16,13-21)5-3-8-19-9-11-20(12-10-19)14-17-6-4-7-18-14/h4,6-7,21H,2-3,5,8-13,16H2,1H3. The Morgan fingerprint density at radius 2 is 1.90 bits per heavy atom. The third kappa shape index (κ3) is 4.62. The van der Waals surface area contributed by atoms with Gasteiger partial charge in [-0.15, -0.1) is 0 Å². The molecule has 21 heavy (non-hydrogen) atoms. The molecule has 0 bridgehead atoms. The first-order valence-corrected chi connectivity index (χ1v) is 7.81. The van der Waals surface area contributed by atoms with Gasteiger partial charge in [0.15, 0.2) is 0 Å². The van der Waals surface area contributed by atoms with Crippen molar-refractivity contribution in [2.24, 2.45) is 5.73 Å². The van der Waals surface area contributed by atoms with Crippen LogP contribution in [0.25, 0.3) is 0 Å². The Balaban J connectivity index is 1.70. The van der Waals surface area contributed by atoms with Gasteiger partial charge in [-0.25, -0.2) is 9.97 Å². The molecule has 1 saturated heterocycles. The summed E-state index contributed by atoms with van der Waals surface area (Å²) in [7, 11) is 0. The second-order valence-corrected chi connectivity index (χ2v) is 5.86. The summed E-state index contributed by atoms with van der Waals surface area (Å²) in [5, 5.41) is 9.32. The zero-order valence-electron chi connectivity index (χ0n) is 12.9. The lowest BCUT2D eigenvalue weighted by Gasteiger charge is -2.35. The van der Waals surface area contributed by atoms with Crippen LogP contribution in [-0.2, 0) is 0 Å². The summed E-state index contributed by atoms with van der Waals surface area (Å²) in [5.74, 6) is 0.824. The summed E-state index contributed by atoms with van der Waals surface area (Å²) in [4.78, 5) is 13.3. The summed E-state index contributed by atoms with van der Waals surface area (Å²) in [6.45, 7) is 7.14. The second kappa shape index (κ2) is 7.68. The van der Waals surface area contributed by atoms with Gasteiger partial charge in [0.2, 0.25) is 5.95 Å². The van der Waals surface area contributed by atoms with Crippen LogP contribution in [0.3, 0.4) is 0 Å². The molecule has 2 heterocycles. The van der Waals surface area contributed by atoms with Crippen molar-refractivity contribution >= 4 is 5.95 Å². The van der Waals surface area contributed by atoms with E-state index in [-0.39, 0.29) is 6.61 Å². The van der Waals surface area contributed by atoms with Crippen molar-refractivity contribution in [2.75, 3.05) is 44.2 Å². The van der Waals surface area contributed by atoms with E-state index in [1.165, 1.54) is 0 Å². The van der Waals surface area contributed by atoms with Crippen LogP contribution in [-0.4, -0.2) is 64.8 Å². The molecule has 6 nitrogen and oxygen atoms in total. The molecule has 1 fully saturated rings. The summed E-state index contributed by atoms with van der Waals surface area (Å²) in [6.07, 6.45) is 6.31. The molecule has 6 heteroatoms. The number of rotatable bonds is 7. The zero-order chi connectivity index (χ0) is 15.1. The predicted molar refractivity (Wildman–Crippen MR) is 84.2 cm³/mol. The summed E-state index contributed by atoms with van der Waals surface area (Å²) < 4.78 is 0. The third-order valence-electron chi connectivity index (χ3n) is 4.38. The topological polar surface area (TPSA) is 78.5 Å². The fraction of sp³-hybridized carbons (Fsp3) is 0.733. The zero-order valence-corrected chi connectivity index (χ0v) is 12.9. The summed E-state index contributed by atoms with van der Waals surface area (Å²) >= 11 is 0. The van der Waals surface area contributed by atoms with Gasteiger partial charge in [0.05, 0.1) is 6.61 Å². The van der Waals surface area contributed by atoms with Gasteiger partial charge < -0.3 is 15.7 Å². The smallest absolute Gasteiger partial charge is 0.225 e. The largest absolute Gasteiger partial charge is 0.394 e. The first kappa shape index (κ1) is 16.1. The van der Waals surface area contributed by atoms with Crippen LogP contribution in [0, 0.1) is 0 Å². The Kier molecular flexibility index (Phi) is 5.90. The van der Waals surface area contributed by atoms with Gasteiger partial charge in [0, 0.05) is 44.1 Å². The fourth-order valence-corrected chi connectivity index (χ4v) is 2.65. The molecule has 0 amide bonds. The highest BCUT2D eigenvalue weighted by atomic mass is 16.3. The van der Waals surface area contributed by atoms with Gasteiger partial charge in [0.1, 0.15) is 0 Å². The molecule has 1 aromatic heterocycles. The van der Waals surface area contributed by atoms with Crippen molar-refractivity contribution in [1.82, 2.24) is 14.9 Å². The van der Waals surface area contributed by atoms with Crippen molar-refractivity contribution in [3.05, 3.63) is 18.5 Å². The molecule has 0 radical (unpaired) electrons. The number of hydrogen-bond acceptors (Lipinski definition) is 6. The number of hydrogen-bond donors (Lipinski definition) is 2. The van der Waals surface area contributed by atoms with Crippen molar-refractivity contribution < 1.29 is 5.11 Å². The fourth-order valence-electron chi connectivity index (χ4n) is 2.65. The van der Waals surface area contributed by atoms with Crippen molar-refractivity contribution in [3.63, 3.8) is 0 Å². The maximum Gasteiger partial charge on any atom is 0.225 e. The predicted octanol–water partition coefficient (Wildman–Crippen LogP) is 0.479. The monoisotopic (exact) mass is 293 g/mol. The highest BCUT2D eigenvalue weighted by molar-refractivity contribution is 5.29. The van der Waals surface area contributed by atoms with Crippen LogP contribution in [0.4, 0.5) is 5.95 Å². The molecule has 0 aliphatic carbocycles. The molecule has 0 aromatic carbocycles. The third-order valence-corrected chi connectivity index (χ3v) is 4.38. The Morgan fingerprint density at radius 1 is 1.24 bits per heavy atom. The Morgan fingerprint density at radius 3 is 2.48 bits per heavy atom. The first-order valence-electron chi connectivity index (χ1n) is 7.81. The van der Waals surface area contributed by atoms with E-state index >= 15 is 0 Å². The number of aromatic nitrogens is 2. The maximum absolute atomic E-state index is 9.32. The van der Waals surface area contributed by atoms with E-state index in [0.717, 1.165) is 57.9 Å². The number of aliphatic hydroxyl groups excluding tert-OH is 1. The first-order chi connectivity index (χ1) is 10.2. The average molecular weight is 293 g/mol. The molecule has 1 unspecified atom stereocenters. The van der Waals surface area contributed by atoms with E-state index in [1.54, 1.807) is 12.4 Å². The van der Waals surface area contributed by atoms with Gasteiger partial charge in [-0.2, -0.15) is 0 Å². The summed E-state index contributed by atoms with van der Waals surface area (Å²) in [6, 6.07) is 1.84. The van der Waals surface area contributed by atoms with Gasteiger partial charge in [-0.3, -0.25) is 4.90 Å². The molecular formula is C15H27N5O. The number of nitrogens with two attached hydrogens (primary N) is 1. The highest BCUT2D eigenvalue weighted by Crippen LogP contribution is 2.15. The van der Waals surface area contributed by atoms with Crippen molar-refractivity contribution in [2.45, 2.75) is 31.7 Å². The van der Waals surface area contributed by atoms with Crippen molar-refractivity contribution in [3.8, 4) is 0 Å². The van der Waals surface area contributed by atoms with E-state index in [9.17, 15) is 5.11 Å². The van der Waals surface area contributed by atoms with E-state index in [0.29, 0.717) is 0 Å². The minimum atomic E-state index is -0.403. The molecule has 2 rings (SSSR count). The molecule has 118 valence electrons. The molecular weight excluding hydrogens is 266 g/mol. The van der Waals surface area contributed by atoms with E-state index in [2.05, 4.69) is 19.8 Å². The van der Waals surface area contributed by atoms with Gasteiger partial charge in [0.25, 0.3) is 0 Å². The lowest BCUT2D eigenvalue weighted by atomic mass is 9.92. The van der Waals surface area contributed by atoms with Crippen LogP contribution in [0.15, 0.2) is 18.5 Å². The number of nitrogens with zero attached hydrogens (tertiary/aromatic N) is 4. The SMILES string of the molecule is CCC(N)(CO)CCCN1CCN(c2ncccn2)CC1. The average Bonchev–Trinajstić information content (AvgIpc) is 2.56. The van der Waals surface area contributed by atoms with Gasteiger partial charge >= 0.3 is 0 Å². The van der Waals surface area contributed by atoms with Crippen molar-refractivity contribution in [1.29, 1.82) is 0 Å². The number of anilines is 1. The van der Waals surface area contributed by atoms with Crippen LogP contribution in [0.1, 0.15) is 26.2 Å². The number of aliphatic hydroxyl groups is 1. The minimum Gasteiger partial charge on any atom is -0.394 e. The Labute approximate surface area is 127 Å². The molecule has 3 N–H and O–H groups in total. The Hall–Kier alpha value is -1.24. The van der Waals surface area contributed by atoms with E-state index < -0.39 is 5.54 Å². The van der Waals surface area contributed by atoms with Crippen LogP contribution in [0.2, 0.25) is 0 Å². The normalized spacial score (nSPS) is 19.5. The Bertz CT molecular complexity index is 402. The quantitative estimate of drug-likeness (QED) is 0.761. The maximum atomic E-state index is 9.32. The van der Waals surface area contributed by atoms with Gasteiger partial charge in [-0.05, 0) is 31.9 Å². The molecule has 1 atom stereocenters. The van der Waals surface area contributed by atoms with E-state index in [4.69, 9.17) is 5.73 Å². The second-order valence-electron chi connectivity index (χ2n) is 5.86. The van der Waals surface area contributed by atoms with E-state index in [1.807, 2.05) is 13.0 Å². The lowest BCUT2D eigenvalue weighted by molar-refractivity contribution is 0.170. The highest BCUT2D eigenvalue weighted by Gasteiger charge is 2.22. The number of piperazine rings is 1. The summed E-state index contributed by atoms with van der Waals surface area (Å²) in [5.41, 5.74) is 5.71. The van der Waals surface area contributed by atoms with Crippen LogP contribution >= 0.6 is 0 Å². The molecule has 1 aromatic rings.